The van der Waals surface area contributed by atoms with Crippen LogP contribution in [0.1, 0.15) is 25.7 Å². The Morgan fingerprint density at radius 2 is 2.00 bits per heavy atom. The lowest BCUT2D eigenvalue weighted by atomic mass is 9.89. The molecule has 0 amide bonds. The highest BCUT2D eigenvalue weighted by atomic mass is 32.2. The number of methoxy groups -OCH3 is 2. The highest BCUT2D eigenvalue weighted by molar-refractivity contribution is 7.92. The van der Waals surface area contributed by atoms with E-state index in [0.717, 1.165) is 18.2 Å². The molecule has 1 atom stereocenters. The van der Waals surface area contributed by atoms with Crippen molar-refractivity contribution in [2.24, 2.45) is 0 Å². The first-order chi connectivity index (χ1) is 7.49. The summed E-state index contributed by atoms with van der Waals surface area (Å²) < 4.78 is 36.1. The van der Waals surface area contributed by atoms with E-state index < -0.39 is 15.8 Å². The molecule has 1 N–H and O–H groups in total. The van der Waals surface area contributed by atoms with Crippen LogP contribution >= 0.6 is 0 Å². The number of ether oxygens (including phenoxy) is 2. The normalized spacial score (nSPS) is 25.2. The van der Waals surface area contributed by atoms with Gasteiger partial charge in [-0.05, 0) is 12.8 Å². The molecule has 0 aromatic heterocycles. The van der Waals surface area contributed by atoms with Gasteiger partial charge in [-0.25, -0.2) is 13.1 Å². The van der Waals surface area contributed by atoms with Crippen LogP contribution < -0.4 is 4.72 Å². The van der Waals surface area contributed by atoms with Crippen molar-refractivity contribution in [3.05, 3.63) is 12.0 Å². The largest absolute Gasteiger partial charge is 0.352 e. The molecule has 6 heteroatoms. The van der Waals surface area contributed by atoms with Crippen LogP contribution in [0.3, 0.4) is 0 Å². The Morgan fingerprint density at radius 1 is 1.38 bits per heavy atom. The summed E-state index contributed by atoms with van der Waals surface area (Å²) in [5, 5.41) is 0.900. The fourth-order valence-electron chi connectivity index (χ4n) is 2.08. The average Bonchev–Trinajstić information content (AvgIpc) is 2.30. The predicted molar refractivity (Wildman–Crippen MR) is 61.3 cm³/mol. The minimum Gasteiger partial charge on any atom is -0.352 e. The van der Waals surface area contributed by atoms with Gasteiger partial charge in [0.25, 0.3) is 0 Å². The Kier molecular flexibility index (Phi) is 4.49. The molecular formula is C10H19NO4S. The van der Waals surface area contributed by atoms with Crippen LogP contribution in [0.15, 0.2) is 12.0 Å². The van der Waals surface area contributed by atoms with Crippen LogP contribution in [0.4, 0.5) is 0 Å². The first kappa shape index (κ1) is 13.6. The number of rotatable bonds is 5. The van der Waals surface area contributed by atoms with Gasteiger partial charge >= 0.3 is 0 Å². The summed E-state index contributed by atoms with van der Waals surface area (Å²) in [4.78, 5) is 0. The van der Waals surface area contributed by atoms with Crippen molar-refractivity contribution < 1.29 is 17.9 Å². The molecule has 0 bridgehead atoms. The van der Waals surface area contributed by atoms with Gasteiger partial charge in [0.2, 0.25) is 10.0 Å². The predicted octanol–water partition coefficient (Wildman–Crippen LogP) is 0.981. The number of sulfonamides is 1. The molecule has 0 spiro atoms. The molecule has 0 saturated heterocycles. The lowest BCUT2D eigenvalue weighted by Gasteiger charge is -2.41. The fourth-order valence-corrected chi connectivity index (χ4v) is 2.87. The minimum atomic E-state index is -3.46. The van der Waals surface area contributed by atoms with Crippen molar-refractivity contribution in [1.29, 1.82) is 0 Å². The summed E-state index contributed by atoms with van der Waals surface area (Å²) in [6.45, 7) is 3.27. The molecule has 0 aromatic rings. The van der Waals surface area contributed by atoms with Crippen molar-refractivity contribution >= 4 is 10.0 Å². The second-order valence-corrected chi connectivity index (χ2v) is 5.51. The quantitative estimate of drug-likeness (QED) is 0.738. The molecular weight excluding hydrogens is 230 g/mol. The Hall–Kier alpha value is -0.430. The van der Waals surface area contributed by atoms with Gasteiger partial charge < -0.3 is 9.47 Å². The Morgan fingerprint density at radius 3 is 2.50 bits per heavy atom. The van der Waals surface area contributed by atoms with Crippen LogP contribution in [-0.2, 0) is 19.5 Å². The first-order valence-corrected chi connectivity index (χ1v) is 6.79. The molecule has 5 nitrogen and oxygen atoms in total. The van der Waals surface area contributed by atoms with Gasteiger partial charge in [-0.15, -0.1) is 0 Å². The van der Waals surface area contributed by atoms with Crippen molar-refractivity contribution in [2.45, 2.75) is 37.5 Å². The van der Waals surface area contributed by atoms with Gasteiger partial charge in [-0.2, -0.15) is 0 Å². The lowest BCUT2D eigenvalue weighted by Crippen LogP contribution is -2.56. The standard InChI is InChI=1S/C10H19NO4S/c1-4-16(12,13)11-9-7-5-6-8-10(9,14-2)15-3/h4,9,11H,1,5-8H2,2-3H3. The van der Waals surface area contributed by atoms with E-state index in [2.05, 4.69) is 11.3 Å². The Balaban J connectivity index is 2.86. The van der Waals surface area contributed by atoms with Gasteiger partial charge in [0, 0.05) is 26.0 Å². The topological polar surface area (TPSA) is 64.6 Å². The summed E-state index contributed by atoms with van der Waals surface area (Å²) in [5.74, 6) is -0.853. The third kappa shape index (κ3) is 2.82. The number of hydrogen-bond donors (Lipinski definition) is 1. The molecule has 1 rings (SSSR count). The van der Waals surface area contributed by atoms with Crippen LogP contribution in [0.5, 0.6) is 0 Å². The van der Waals surface area contributed by atoms with E-state index in [1.54, 1.807) is 0 Å². The second kappa shape index (κ2) is 5.27. The maximum absolute atomic E-state index is 11.4. The molecule has 1 aliphatic rings. The van der Waals surface area contributed by atoms with Gasteiger partial charge in [0.15, 0.2) is 5.79 Å². The zero-order chi connectivity index (χ0) is 12.2. The van der Waals surface area contributed by atoms with E-state index in [1.165, 1.54) is 14.2 Å². The maximum Gasteiger partial charge on any atom is 0.233 e. The van der Waals surface area contributed by atoms with E-state index in [1.807, 2.05) is 0 Å². The highest BCUT2D eigenvalue weighted by Crippen LogP contribution is 2.32. The van der Waals surface area contributed by atoms with Crippen LogP contribution in [0, 0.1) is 0 Å². The molecule has 1 saturated carbocycles. The third-order valence-corrected chi connectivity index (χ3v) is 4.07. The molecule has 0 radical (unpaired) electrons. The molecule has 1 aliphatic carbocycles. The summed E-state index contributed by atoms with van der Waals surface area (Å²) in [6, 6.07) is -0.362. The smallest absolute Gasteiger partial charge is 0.233 e. The van der Waals surface area contributed by atoms with E-state index in [4.69, 9.17) is 9.47 Å². The van der Waals surface area contributed by atoms with E-state index in [0.29, 0.717) is 12.8 Å². The van der Waals surface area contributed by atoms with E-state index in [9.17, 15) is 8.42 Å². The second-order valence-electron chi connectivity index (χ2n) is 3.85. The number of hydrogen-bond acceptors (Lipinski definition) is 4. The van der Waals surface area contributed by atoms with Gasteiger partial charge in [0.05, 0.1) is 6.04 Å². The minimum absolute atomic E-state index is 0.362. The average molecular weight is 249 g/mol. The van der Waals surface area contributed by atoms with Gasteiger partial charge in [0.1, 0.15) is 0 Å². The monoisotopic (exact) mass is 249 g/mol. The zero-order valence-electron chi connectivity index (χ0n) is 9.73. The van der Waals surface area contributed by atoms with Gasteiger partial charge in [-0.1, -0.05) is 13.0 Å². The van der Waals surface area contributed by atoms with Crippen molar-refractivity contribution in [3.63, 3.8) is 0 Å². The molecule has 1 unspecified atom stereocenters. The number of nitrogens with one attached hydrogen (secondary N) is 1. The fraction of sp³-hybridized carbons (Fsp3) is 0.800. The maximum atomic E-state index is 11.4. The lowest BCUT2D eigenvalue weighted by molar-refractivity contribution is -0.235. The third-order valence-electron chi connectivity index (χ3n) is 3.02. The Labute approximate surface area is 96.9 Å². The van der Waals surface area contributed by atoms with Crippen molar-refractivity contribution in [3.8, 4) is 0 Å². The Bertz CT molecular complexity index is 335. The van der Waals surface area contributed by atoms with Crippen LogP contribution in [0.25, 0.3) is 0 Å². The first-order valence-electron chi connectivity index (χ1n) is 5.25. The van der Waals surface area contributed by atoms with Gasteiger partial charge in [-0.3, -0.25) is 0 Å². The molecule has 16 heavy (non-hydrogen) atoms. The van der Waals surface area contributed by atoms with E-state index in [-0.39, 0.29) is 6.04 Å². The summed E-state index contributed by atoms with van der Waals surface area (Å²) in [5.41, 5.74) is 0. The highest BCUT2D eigenvalue weighted by Gasteiger charge is 2.42. The van der Waals surface area contributed by atoms with Crippen molar-refractivity contribution in [2.75, 3.05) is 14.2 Å². The van der Waals surface area contributed by atoms with E-state index >= 15 is 0 Å². The SMILES string of the molecule is C=CS(=O)(=O)NC1CCCCC1(OC)OC. The zero-order valence-corrected chi connectivity index (χ0v) is 10.5. The molecule has 0 heterocycles. The molecule has 0 aliphatic heterocycles. The van der Waals surface area contributed by atoms with Crippen LogP contribution in [0.2, 0.25) is 0 Å². The van der Waals surface area contributed by atoms with Crippen LogP contribution in [-0.4, -0.2) is 34.5 Å². The summed E-state index contributed by atoms with van der Waals surface area (Å²) in [6.07, 6.45) is 3.31. The molecule has 94 valence electrons. The molecule has 0 aromatic carbocycles. The molecule has 1 fully saturated rings. The summed E-state index contributed by atoms with van der Waals surface area (Å²) >= 11 is 0. The summed E-state index contributed by atoms with van der Waals surface area (Å²) in [7, 11) is -0.393. The van der Waals surface area contributed by atoms with Crippen molar-refractivity contribution in [1.82, 2.24) is 4.72 Å².